The predicted molar refractivity (Wildman–Crippen MR) is 73.2 cm³/mol. The fourth-order valence-electron chi connectivity index (χ4n) is 2.64. The Morgan fingerprint density at radius 1 is 1.32 bits per heavy atom. The van der Waals surface area contributed by atoms with Gasteiger partial charge in [0, 0.05) is 17.5 Å². The molecule has 1 saturated heterocycles. The van der Waals surface area contributed by atoms with E-state index in [-0.39, 0.29) is 11.6 Å². The number of hydrogen-bond acceptors (Lipinski definition) is 2. The molecule has 106 valence electrons. The van der Waals surface area contributed by atoms with Crippen LogP contribution in [0.3, 0.4) is 0 Å². The largest absolute Gasteiger partial charge is 0.324 e. The van der Waals surface area contributed by atoms with Crippen LogP contribution in [-0.4, -0.2) is 25.0 Å². The van der Waals surface area contributed by atoms with Crippen molar-refractivity contribution in [2.24, 2.45) is 11.7 Å². The van der Waals surface area contributed by atoms with Crippen molar-refractivity contribution in [3.05, 3.63) is 35.4 Å². The van der Waals surface area contributed by atoms with E-state index in [2.05, 4.69) is 4.90 Å². The monoisotopic (exact) mass is 268 g/mol. The van der Waals surface area contributed by atoms with Crippen molar-refractivity contribution in [3.63, 3.8) is 0 Å². The van der Waals surface area contributed by atoms with Gasteiger partial charge in [0.15, 0.2) is 0 Å². The van der Waals surface area contributed by atoms with Crippen LogP contribution < -0.4 is 5.73 Å². The van der Waals surface area contributed by atoms with Crippen LogP contribution in [0.1, 0.15) is 36.9 Å². The summed E-state index contributed by atoms with van der Waals surface area (Å²) < 4.78 is 29.1. The first-order chi connectivity index (χ1) is 8.91. The summed E-state index contributed by atoms with van der Waals surface area (Å²) in [5, 5.41) is 0. The zero-order valence-electron chi connectivity index (χ0n) is 11.6. The van der Waals surface area contributed by atoms with Crippen molar-refractivity contribution in [2.75, 3.05) is 20.1 Å². The highest BCUT2D eigenvalue weighted by Gasteiger charge is 2.42. The Labute approximate surface area is 113 Å². The molecule has 19 heavy (non-hydrogen) atoms. The lowest BCUT2D eigenvalue weighted by Crippen LogP contribution is -2.37. The first-order valence-electron chi connectivity index (χ1n) is 6.83. The van der Waals surface area contributed by atoms with Crippen LogP contribution in [0.25, 0.3) is 0 Å². The summed E-state index contributed by atoms with van der Waals surface area (Å²) in [6, 6.07) is 6.34. The molecule has 1 heterocycles. The number of nitrogens with zero attached hydrogens (tertiary/aromatic N) is 1. The van der Waals surface area contributed by atoms with Crippen LogP contribution in [0, 0.1) is 5.92 Å². The summed E-state index contributed by atoms with van der Waals surface area (Å²) >= 11 is 0. The highest BCUT2D eigenvalue weighted by atomic mass is 19.3. The van der Waals surface area contributed by atoms with Gasteiger partial charge in [-0.1, -0.05) is 18.2 Å². The number of nitrogens with two attached hydrogens (primary N) is 1. The van der Waals surface area contributed by atoms with Gasteiger partial charge in [0.1, 0.15) is 0 Å². The van der Waals surface area contributed by atoms with Gasteiger partial charge in [0.25, 0.3) is 5.92 Å². The van der Waals surface area contributed by atoms with Crippen molar-refractivity contribution in [1.82, 2.24) is 4.90 Å². The third kappa shape index (κ3) is 3.12. The molecule has 0 amide bonds. The molecular weight excluding hydrogens is 246 g/mol. The summed E-state index contributed by atoms with van der Waals surface area (Å²) in [6.45, 7) is 3.30. The van der Waals surface area contributed by atoms with E-state index in [0.717, 1.165) is 18.7 Å². The molecule has 1 atom stereocenters. The number of halogens is 2. The standard InChI is InChI=1S/C15H22F2N2/c1-11(18)12-4-3-5-14(10-12)15(16,17)13-6-8-19(2)9-7-13/h3-5,10-11,13H,6-9,18H2,1-2H3. The van der Waals surface area contributed by atoms with Crippen molar-refractivity contribution >= 4 is 0 Å². The molecular formula is C15H22F2N2. The normalized spacial score (nSPS) is 20.5. The minimum atomic E-state index is -2.76. The average molecular weight is 268 g/mol. The number of hydrogen-bond donors (Lipinski definition) is 1. The highest BCUT2D eigenvalue weighted by Crippen LogP contribution is 2.41. The summed E-state index contributed by atoms with van der Waals surface area (Å²) in [5.41, 5.74) is 6.65. The maximum absolute atomic E-state index is 14.6. The molecule has 1 unspecified atom stereocenters. The number of piperidine rings is 1. The van der Waals surface area contributed by atoms with E-state index in [1.165, 1.54) is 6.07 Å². The summed E-state index contributed by atoms with van der Waals surface area (Å²) in [4.78, 5) is 2.10. The van der Waals surface area contributed by atoms with E-state index < -0.39 is 11.8 Å². The minimum Gasteiger partial charge on any atom is -0.324 e. The molecule has 0 aromatic heterocycles. The Hall–Kier alpha value is -1.00. The molecule has 0 bridgehead atoms. The van der Waals surface area contributed by atoms with Gasteiger partial charge in [-0.05, 0) is 51.5 Å². The second-order valence-electron chi connectivity index (χ2n) is 5.61. The lowest BCUT2D eigenvalue weighted by Gasteiger charge is -2.34. The Balaban J connectivity index is 2.21. The van der Waals surface area contributed by atoms with Gasteiger partial charge >= 0.3 is 0 Å². The molecule has 2 nitrogen and oxygen atoms in total. The van der Waals surface area contributed by atoms with Gasteiger partial charge < -0.3 is 10.6 Å². The van der Waals surface area contributed by atoms with Gasteiger partial charge in [0.05, 0.1) is 0 Å². The summed E-state index contributed by atoms with van der Waals surface area (Å²) in [7, 11) is 1.98. The van der Waals surface area contributed by atoms with Crippen molar-refractivity contribution in [2.45, 2.75) is 31.7 Å². The number of alkyl halides is 2. The van der Waals surface area contributed by atoms with E-state index in [4.69, 9.17) is 5.73 Å². The zero-order valence-corrected chi connectivity index (χ0v) is 11.6. The quantitative estimate of drug-likeness (QED) is 0.912. The van der Waals surface area contributed by atoms with Gasteiger partial charge in [0.2, 0.25) is 0 Å². The maximum atomic E-state index is 14.6. The van der Waals surface area contributed by atoms with E-state index in [9.17, 15) is 8.78 Å². The van der Waals surface area contributed by atoms with E-state index in [1.54, 1.807) is 18.2 Å². The summed E-state index contributed by atoms with van der Waals surface area (Å²) in [6.07, 6.45) is 1.10. The van der Waals surface area contributed by atoms with Gasteiger partial charge in [-0.3, -0.25) is 0 Å². The van der Waals surface area contributed by atoms with Crippen LogP contribution in [0.4, 0.5) is 8.78 Å². The van der Waals surface area contributed by atoms with Gasteiger partial charge in [-0.15, -0.1) is 0 Å². The number of benzene rings is 1. The molecule has 2 N–H and O–H groups in total. The van der Waals surface area contributed by atoms with Crippen LogP contribution in [0.5, 0.6) is 0 Å². The molecule has 4 heteroatoms. The lowest BCUT2D eigenvalue weighted by atomic mass is 9.86. The molecule has 0 spiro atoms. The van der Waals surface area contributed by atoms with E-state index in [0.29, 0.717) is 12.8 Å². The molecule has 1 aliphatic rings. The molecule has 1 aromatic carbocycles. The average Bonchev–Trinajstić information content (AvgIpc) is 2.39. The Morgan fingerprint density at radius 3 is 2.53 bits per heavy atom. The smallest absolute Gasteiger partial charge is 0.276 e. The molecule has 2 rings (SSSR count). The Morgan fingerprint density at radius 2 is 1.95 bits per heavy atom. The summed E-state index contributed by atoms with van der Waals surface area (Å²) in [5.74, 6) is -3.32. The second-order valence-corrected chi connectivity index (χ2v) is 5.61. The predicted octanol–water partition coefficient (Wildman–Crippen LogP) is 3.14. The fourth-order valence-corrected chi connectivity index (χ4v) is 2.64. The van der Waals surface area contributed by atoms with Crippen molar-refractivity contribution in [3.8, 4) is 0 Å². The SMILES string of the molecule is CC(N)c1cccc(C(F)(F)C2CCN(C)CC2)c1. The molecule has 1 fully saturated rings. The second kappa shape index (κ2) is 5.55. The minimum absolute atomic E-state index is 0.108. The first kappa shape index (κ1) is 14.4. The van der Waals surface area contributed by atoms with Crippen LogP contribution in [0.2, 0.25) is 0 Å². The maximum Gasteiger partial charge on any atom is 0.276 e. The molecule has 1 aliphatic heterocycles. The molecule has 0 saturated carbocycles. The fraction of sp³-hybridized carbons (Fsp3) is 0.600. The van der Waals surface area contributed by atoms with Crippen LogP contribution in [0.15, 0.2) is 24.3 Å². The topological polar surface area (TPSA) is 29.3 Å². The Bertz CT molecular complexity index is 424. The molecule has 0 aliphatic carbocycles. The van der Waals surface area contributed by atoms with Crippen molar-refractivity contribution < 1.29 is 8.78 Å². The molecule has 1 aromatic rings. The van der Waals surface area contributed by atoms with Gasteiger partial charge in [-0.2, -0.15) is 0 Å². The zero-order chi connectivity index (χ0) is 14.0. The number of likely N-dealkylation sites (tertiary alicyclic amines) is 1. The highest BCUT2D eigenvalue weighted by molar-refractivity contribution is 5.29. The van der Waals surface area contributed by atoms with Crippen molar-refractivity contribution in [1.29, 1.82) is 0 Å². The van der Waals surface area contributed by atoms with E-state index in [1.807, 2.05) is 14.0 Å². The molecule has 0 radical (unpaired) electrons. The van der Waals surface area contributed by atoms with Gasteiger partial charge in [-0.25, -0.2) is 8.78 Å². The first-order valence-corrected chi connectivity index (χ1v) is 6.83. The Kier molecular flexibility index (Phi) is 4.21. The lowest BCUT2D eigenvalue weighted by molar-refractivity contribution is -0.0837. The third-order valence-electron chi connectivity index (χ3n) is 4.03. The van der Waals surface area contributed by atoms with Crippen LogP contribution in [-0.2, 0) is 5.92 Å². The third-order valence-corrected chi connectivity index (χ3v) is 4.03. The number of rotatable bonds is 3. The van der Waals surface area contributed by atoms with E-state index >= 15 is 0 Å². The van der Waals surface area contributed by atoms with Crippen LogP contribution >= 0.6 is 0 Å².